The van der Waals surface area contributed by atoms with Crippen LogP contribution in [0.5, 0.6) is 5.75 Å². The first-order valence-corrected chi connectivity index (χ1v) is 5.91. The van der Waals surface area contributed by atoms with Gasteiger partial charge >= 0.3 is 0 Å². The van der Waals surface area contributed by atoms with Gasteiger partial charge in [-0.25, -0.2) is 0 Å². The number of fused-ring (bicyclic) bond motifs is 1. The maximum atomic E-state index is 11.4. The second kappa shape index (κ2) is 4.53. The van der Waals surface area contributed by atoms with Crippen molar-refractivity contribution in [1.82, 2.24) is 5.32 Å². The first kappa shape index (κ1) is 10.8. The van der Waals surface area contributed by atoms with Gasteiger partial charge in [0.05, 0.1) is 0 Å². The highest BCUT2D eigenvalue weighted by atomic mass is 16.5. The Hall–Kier alpha value is -2.29. The van der Waals surface area contributed by atoms with Crippen molar-refractivity contribution in [2.75, 3.05) is 0 Å². The van der Waals surface area contributed by atoms with E-state index in [4.69, 9.17) is 4.74 Å². The lowest BCUT2D eigenvalue weighted by Gasteiger charge is -2.07. The van der Waals surface area contributed by atoms with Gasteiger partial charge in [-0.3, -0.25) is 4.79 Å². The van der Waals surface area contributed by atoms with E-state index in [1.807, 2.05) is 48.5 Å². The molecule has 3 rings (SSSR count). The zero-order chi connectivity index (χ0) is 12.4. The minimum Gasteiger partial charge on any atom is -0.489 e. The van der Waals surface area contributed by atoms with Crippen molar-refractivity contribution in [3.63, 3.8) is 0 Å². The van der Waals surface area contributed by atoms with E-state index in [-0.39, 0.29) is 5.91 Å². The largest absolute Gasteiger partial charge is 0.489 e. The molecule has 1 aliphatic rings. The third-order valence-electron chi connectivity index (χ3n) is 3.01. The number of nitrogens with one attached hydrogen (secondary N) is 1. The molecule has 0 aromatic heterocycles. The van der Waals surface area contributed by atoms with Crippen LogP contribution in [0.1, 0.15) is 21.5 Å². The van der Waals surface area contributed by atoms with Crippen LogP contribution in [0.3, 0.4) is 0 Å². The second-order valence-corrected chi connectivity index (χ2v) is 4.28. The molecule has 18 heavy (non-hydrogen) atoms. The zero-order valence-corrected chi connectivity index (χ0v) is 9.85. The van der Waals surface area contributed by atoms with Crippen LogP contribution in [0, 0.1) is 0 Å². The maximum absolute atomic E-state index is 11.4. The number of benzene rings is 2. The van der Waals surface area contributed by atoms with Gasteiger partial charge in [-0.2, -0.15) is 0 Å². The molecule has 0 bridgehead atoms. The van der Waals surface area contributed by atoms with E-state index in [9.17, 15) is 4.79 Å². The van der Waals surface area contributed by atoms with Gasteiger partial charge in [0, 0.05) is 12.1 Å². The van der Waals surface area contributed by atoms with Gasteiger partial charge in [0.25, 0.3) is 5.91 Å². The number of ether oxygens (including phenoxy) is 1. The predicted octanol–water partition coefficient (Wildman–Crippen LogP) is 2.51. The average molecular weight is 239 g/mol. The smallest absolute Gasteiger partial charge is 0.251 e. The number of hydrogen-bond donors (Lipinski definition) is 1. The summed E-state index contributed by atoms with van der Waals surface area (Å²) in [6.45, 7) is 1.14. The Bertz CT molecular complexity index is 578. The number of carbonyl (C=O) groups excluding carboxylic acids is 1. The minimum atomic E-state index is -0.000362. The summed E-state index contributed by atoms with van der Waals surface area (Å²) in [7, 11) is 0. The Morgan fingerprint density at radius 1 is 1.11 bits per heavy atom. The topological polar surface area (TPSA) is 38.3 Å². The van der Waals surface area contributed by atoms with Crippen LogP contribution in [-0.4, -0.2) is 5.91 Å². The molecule has 2 aromatic carbocycles. The van der Waals surface area contributed by atoms with Crippen molar-refractivity contribution in [1.29, 1.82) is 0 Å². The standard InChI is InChI=1S/C15H13NO2/c17-15-14-7-6-13(8-12(14)9-16-15)18-10-11-4-2-1-3-5-11/h1-8H,9-10H2,(H,16,17). The van der Waals surface area contributed by atoms with Gasteiger partial charge in [0.15, 0.2) is 0 Å². The van der Waals surface area contributed by atoms with E-state index < -0.39 is 0 Å². The summed E-state index contributed by atoms with van der Waals surface area (Å²) >= 11 is 0. The normalized spacial score (nSPS) is 13.0. The Labute approximate surface area is 105 Å². The molecule has 2 aromatic rings. The SMILES string of the molecule is O=C1NCc2cc(OCc3ccccc3)ccc21. The van der Waals surface area contributed by atoms with Crippen molar-refractivity contribution >= 4 is 5.91 Å². The van der Waals surface area contributed by atoms with Crippen molar-refractivity contribution in [3.05, 3.63) is 65.2 Å². The summed E-state index contributed by atoms with van der Waals surface area (Å²) in [6.07, 6.45) is 0. The summed E-state index contributed by atoms with van der Waals surface area (Å²) in [5, 5.41) is 2.79. The summed E-state index contributed by atoms with van der Waals surface area (Å²) in [5.41, 5.74) is 2.89. The molecule has 0 spiro atoms. The van der Waals surface area contributed by atoms with Crippen molar-refractivity contribution in [3.8, 4) is 5.75 Å². The molecule has 1 aliphatic heterocycles. The summed E-state index contributed by atoms with van der Waals surface area (Å²) in [4.78, 5) is 11.4. The first-order valence-electron chi connectivity index (χ1n) is 5.91. The summed E-state index contributed by atoms with van der Waals surface area (Å²) < 4.78 is 5.71. The van der Waals surface area contributed by atoms with Crippen LogP contribution >= 0.6 is 0 Å². The molecular weight excluding hydrogens is 226 g/mol. The molecule has 0 saturated heterocycles. The van der Waals surface area contributed by atoms with Gasteiger partial charge in [-0.05, 0) is 29.3 Å². The highest BCUT2D eigenvalue weighted by molar-refractivity contribution is 5.98. The van der Waals surface area contributed by atoms with Crippen LogP contribution in [0.4, 0.5) is 0 Å². The molecule has 1 heterocycles. The quantitative estimate of drug-likeness (QED) is 0.893. The lowest BCUT2D eigenvalue weighted by molar-refractivity contribution is 0.0966. The van der Waals surface area contributed by atoms with Crippen molar-refractivity contribution < 1.29 is 9.53 Å². The van der Waals surface area contributed by atoms with E-state index in [2.05, 4.69) is 5.32 Å². The number of rotatable bonds is 3. The molecule has 90 valence electrons. The molecule has 0 fully saturated rings. The molecular formula is C15H13NO2. The molecule has 0 unspecified atom stereocenters. The fraction of sp³-hybridized carbons (Fsp3) is 0.133. The van der Waals surface area contributed by atoms with Gasteiger partial charge < -0.3 is 10.1 Å². The first-order chi connectivity index (χ1) is 8.83. The van der Waals surface area contributed by atoms with E-state index in [0.717, 1.165) is 22.4 Å². The lowest BCUT2D eigenvalue weighted by Crippen LogP contribution is -2.12. The van der Waals surface area contributed by atoms with Crippen molar-refractivity contribution in [2.45, 2.75) is 13.2 Å². The van der Waals surface area contributed by atoms with Gasteiger partial charge in [-0.1, -0.05) is 30.3 Å². The van der Waals surface area contributed by atoms with E-state index in [1.165, 1.54) is 0 Å². The third kappa shape index (κ3) is 2.07. The van der Waals surface area contributed by atoms with Crippen LogP contribution in [0.15, 0.2) is 48.5 Å². The molecule has 3 nitrogen and oxygen atoms in total. The van der Waals surface area contributed by atoms with Crippen LogP contribution in [0.2, 0.25) is 0 Å². The number of amides is 1. The van der Waals surface area contributed by atoms with Crippen LogP contribution < -0.4 is 10.1 Å². The van der Waals surface area contributed by atoms with Gasteiger partial charge in [0.2, 0.25) is 0 Å². The van der Waals surface area contributed by atoms with Crippen LogP contribution in [0.25, 0.3) is 0 Å². The molecule has 3 heteroatoms. The Morgan fingerprint density at radius 2 is 1.94 bits per heavy atom. The molecule has 0 atom stereocenters. The highest BCUT2D eigenvalue weighted by Crippen LogP contribution is 2.22. The summed E-state index contributed by atoms with van der Waals surface area (Å²) in [6, 6.07) is 15.6. The molecule has 1 N–H and O–H groups in total. The van der Waals surface area contributed by atoms with E-state index >= 15 is 0 Å². The predicted molar refractivity (Wildman–Crippen MR) is 68.4 cm³/mol. The highest BCUT2D eigenvalue weighted by Gasteiger charge is 2.18. The number of carbonyl (C=O) groups is 1. The van der Waals surface area contributed by atoms with E-state index in [1.54, 1.807) is 0 Å². The maximum Gasteiger partial charge on any atom is 0.251 e. The third-order valence-corrected chi connectivity index (χ3v) is 3.01. The number of hydrogen-bond acceptors (Lipinski definition) is 2. The second-order valence-electron chi connectivity index (χ2n) is 4.28. The van der Waals surface area contributed by atoms with E-state index in [0.29, 0.717) is 13.2 Å². The fourth-order valence-corrected chi connectivity index (χ4v) is 2.04. The minimum absolute atomic E-state index is 0.000362. The fourth-order valence-electron chi connectivity index (χ4n) is 2.04. The average Bonchev–Trinajstić information content (AvgIpc) is 2.79. The Balaban J connectivity index is 1.73. The van der Waals surface area contributed by atoms with Gasteiger partial charge in [-0.15, -0.1) is 0 Å². The Kier molecular flexibility index (Phi) is 2.73. The monoisotopic (exact) mass is 239 g/mol. The summed E-state index contributed by atoms with van der Waals surface area (Å²) in [5.74, 6) is 0.800. The van der Waals surface area contributed by atoms with Crippen LogP contribution in [-0.2, 0) is 13.2 Å². The molecule has 0 saturated carbocycles. The zero-order valence-electron chi connectivity index (χ0n) is 9.85. The lowest BCUT2D eigenvalue weighted by atomic mass is 10.1. The Morgan fingerprint density at radius 3 is 2.78 bits per heavy atom. The van der Waals surface area contributed by atoms with Gasteiger partial charge in [0.1, 0.15) is 12.4 Å². The molecule has 0 radical (unpaired) electrons. The molecule has 0 aliphatic carbocycles. The van der Waals surface area contributed by atoms with Crippen molar-refractivity contribution in [2.24, 2.45) is 0 Å². The molecule has 1 amide bonds.